The number of halogens is 1. The molecule has 2 aromatic rings. The summed E-state index contributed by atoms with van der Waals surface area (Å²) in [5.74, 6) is 0. The zero-order valence-electron chi connectivity index (χ0n) is 10.3. The molecule has 0 fully saturated rings. The Balaban J connectivity index is 1.77. The average molecular weight is 278 g/mol. The highest BCUT2D eigenvalue weighted by atomic mass is 35.5. The van der Waals surface area contributed by atoms with Gasteiger partial charge < -0.3 is 5.32 Å². The standard InChI is InChI=1S/C15H16ClNS/c1-10(15-3-2-8-18-15)17-14-7-4-11-9-12(16)5-6-13(11)14/h2-3,5-6,8-10,14,17H,4,7H2,1H3/t10-,14?/m1/s1. The van der Waals surface area contributed by atoms with Crippen molar-refractivity contribution in [1.82, 2.24) is 5.32 Å². The molecule has 1 aromatic heterocycles. The number of thiophene rings is 1. The summed E-state index contributed by atoms with van der Waals surface area (Å²) in [7, 11) is 0. The first kappa shape index (κ1) is 12.2. The molecule has 1 aliphatic rings. The molecule has 0 saturated heterocycles. The van der Waals surface area contributed by atoms with E-state index in [1.165, 1.54) is 22.4 Å². The summed E-state index contributed by atoms with van der Waals surface area (Å²) in [4.78, 5) is 1.40. The number of hydrogen-bond acceptors (Lipinski definition) is 2. The van der Waals surface area contributed by atoms with Crippen molar-refractivity contribution in [1.29, 1.82) is 0 Å². The number of hydrogen-bond donors (Lipinski definition) is 1. The fraction of sp³-hybridized carbons (Fsp3) is 0.333. The molecule has 1 N–H and O–H groups in total. The van der Waals surface area contributed by atoms with Crippen LogP contribution in [0.5, 0.6) is 0 Å². The van der Waals surface area contributed by atoms with Gasteiger partial charge in [0.25, 0.3) is 0 Å². The summed E-state index contributed by atoms with van der Waals surface area (Å²) < 4.78 is 0. The Bertz CT molecular complexity index is 535. The third-order valence-corrected chi connectivity index (χ3v) is 4.89. The first-order valence-corrected chi connectivity index (χ1v) is 7.57. The normalized spacial score (nSPS) is 19.8. The van der Waals surface area contributed by atoms with Crippen LogP contribution in [0.4, 0.5) is 0 Å². The van der Waals surface area contributed by atoms with Crippen LogP contribution < -0.4 is 5.32 Å². The van der Waals surface area contributed by atoms with E-state index < -0.39 is 0 Å². The summed E-state index contributed by atoms with van der Waals surface area (Å²) in [6.45, 7) is 2.24. The van der Waals surface area contributed by atoms with Crippen molar-refractivity contribution in [2.24, 2.45) is 0 Å². The molecule has 18 heavy (non-hydrogen) atoms. The average Bonchev–Trinajstić information content (AvgIpc) is 2.98. The lowest BCUT2D eigenvalue weighted by molar-refractivity contribution is 0.469. The summed E-state index contributed by atoms with van der Waals surface area (Å²) in [6.07, 6.45) is 2.30. The van der Waals surface area contributed by atoms with Gasteiger partial charge in [-0.1, -0.05) is 23.7 Å². The van der Waals surface area contributed by atoms with E-state index in [2.05, 4.69) is 41.9 Å². The maximum atomic E-state index is 6.04. The van der Waals surface area contributed by atoms with Crippen LogP contribution in [0, 0.1) is 0 Å². The monoisotopic (exact) mass is 277 g/mol. The van der Waals surface area contributed by atoms with Crippen LogP contribution in [-0.4, -0.2) is 0 Å². The second-order valence-corrected chi connectivity index (χ2v) is 6.25. The first-order chi connectivity index (χ1) is 8.74. The fourth-order valence-corrected chi connectivity index (χ4v) is 3.62. The van der Waals surface area contributed by atoms with Crippen LogP contribution >= 0.6 is 22.9 Å². The van der Waals surface area contributed by atoms with Gasteiger partial charge in [0.2, 0.25) is 0 Å². The second-order valence-electron chi connectivity index (χ2n) is 4.84. The largest absolute Gasteiger partial charge is 0.303 e. The maximum Gasteiger partial charge on any atom is 0.0408 e. The van der Waals surface area contributed by atoms with E-state index in [-0.39, 0.29) is 0 Å². The van der Waals surface area contributed by atoms with Gasteiger partial charge in [-0.3, -0.25) is 0 Å². The highest BCUT2D eigenvalue weighted by Gasteiger charge is 2.24. The lowest BCUT2D eigenvalue weighted by atomic mass is 10.1. The van der Waals surface area contributed by atoms with Gasteiger partial charge in [-0.05, 0) is 54.5 Å². The number of benzene rings is 1. The minimum absolute atomic E-state index is 0.414. The molecule has 94 valence electrons. The van der Waals surface area contributed by atoms with Gasteiger partial charge in [0.15, 0.2) is 0 Å². The molecule has 3 heteroatoms. The van der Waals surface area contributed by atoms with Crippen LogP contribution in [0.2, 0.25) is 5.02 Å². The molecule has 0 spiro atoms. The predicted octanol–water partition coefficient (Wildman–Crippen LogP) is 4.74. The Morgan fingerprint density at radius 1 is 1.39 bits per heavy atom. The third-order valence-electron chi connectivity index (χ3n) is 3.60. The van der Waals surface area contributed by atoms with Crippen molar-refractivity contribution in [2.75, 3.05) is 0 Å². The minimum atomic E-state index is 0.414. The Morgan fingerprint density at radius 2 is 2.28 bits per heavy atom. The molecule has 1 heterocycles. The molecular formula is C15H16ClNS. The smallest absolute Gasteiger partial charge is 0.0408 e. The van der Waals surface area contributed by atoms with E-state index in [1.54, 1.807) is 0 Å². The van der Waals surface area contributed by atoms with E-state index in [0.717, 1.165) is 11.4 Å². The van der Waals surface area contributed by atoms with E-state index in [9.17, 15) is 0 Å². The summed E-state index contributed by atoms with van der Waals surface area (Å²) >= 11 is 7.85. The van der Waals surface area contributed by atoms with Gasteiger partial charge in [-0.15, -0.1) is 11.3 Å². The number of fused-ring (bicyclic) bond motifs is 1. The summed E-state index contributed by atoms with van der Waals surface area (Å²) in [5, 5.41) is 6.71. The molecule has 0 aliphatic heterocycles. The number of aryl methyl sites for hydroxylation is 1. The molecule has 2 atom stereocenters. The molecule has 0 amide bonds. The van der Waals surface area contributed by atoms with Crippen molar-refractivity contribution in [3.05, 3.63) is 56.7 Å². The molecule has 1 nitrogen and oxygen atoms in total. The SMILES string of the molecule is C[C@@H](NC1CCc2cc(Cl)ccc21)c1cccs1. The van der Waals surface area contributed by atoms with E-state index in [0.29, 0.717) is 12.1 Å². The second kappa shape index (κ2) is 5.04. The quantitative estimate of drug-likeness (QED) is 0.854. The highest BCUT2D eigenvalue weighted by molar-refractivity contribution is 7.10. The van der Waals surface area contributed by atoms with Crippen LogP contribution in [-0.2, 0) is 6.42 Å². The zero-order chi connectivity index (χ0) is 12.5. The lowest BCUT2D eigenvalue weighted by Gasteiger charge is -2.19. The zero-order valence-corrected chi connectivity index (χ0v) is 11.9. The van der Waals surface area contributed by atoms with Crippen molar-refractivity contribution in [2.45, 2.75) is 31.8 Å². The summed E-state index contributed by atoms with van der Waals surface area (Å²) in [6, 6.07) is 11.5. The summed E-state index contributed by atoms with van der Waals surface area (Å²) in [5.41, 5.74) is 2.82. The molecule has 0 saturated carbocycles. The van der Waals surface area contributed by atoms with E-state index in [1.807, 2.05) is 17.4 Å². The van der Waals surface area contributed by atoms with Crippen LogP contribution in [0.3, 0.4) is 0 Å². The molecular weight excluding hydrogens is 262 g/mol. The minimum Gasteiger partial charge on any atom is -0.303 e. The van der Waals surface area contributed by atoms with E-state index in [4.69, 9.17) is 11.6 Å². The maximum absolute atomic E-state index is 6.04. The molecule has 1 unspecified atom stereocenters. The lowest BCUT2D eigenvalue weighted by Crippen LogP contribution is -2.22. The van der Waals surface area contributed by atoms with Crippen LogP contribution in [0.15, 0.2) is 35.7 Å². The van der Waals surface area contributed by atoms with Gasteiger partial charge in [0.1, 0.15) is 0 Å². The Hall–Kier alpha value is -0.830. The van der Waals surface area contributed by atoms with Gasteiger partial charge in [-0.25, -0.2) is 0 Å². The van der Waals surface area contributed by atoms with Crippen LogP contribution in [0.25, 0.3) is 0 Å². The highest BCUT2D eigenvalue weighted by Crippen LogP contribution is 2.34. The van der Waals surface area contributed by atoms with Crippen molar-refractivity contribution >= 4 is 22.9 Å². The fourth-order valence-electron chi connectivity index (χ4n) is 2.68. The van der Waals surface area contributed by atoms with E-state index >= 15 is 0 Å². The molecule has 1 aliphatic carbocycles. The van der Waals surface area contributed by atoms with Gasteiger partial charge >= 0.3 is 0 Å². The van der Waals surface area contributed by atoms with Crippen molar-refractivity contribution in [3.63, 3.8) is 0 Å². The first-order valence-electron chi connectivity index (χ1n) is 6.32. The van der Waals surface area contributed by atoms with Crippen molar-refractivity contribution in [3.8, 4) is 0 Å². The van der Waals surface area contributed by atoms with Crippen molar-refractivity contribution < 1.29 is 0 Å². The third kappa shape index (κ3) is 2.33. The van der Waals surface area contributed by atoms with Gasteiger partial charge in [0, 0.05) is 22.0 Å². The van der Waals surface area contributed by atoms with Gasteiger partial charge in [-0.2, -0.15) is 0 Å². The number of rotatable bonds is 3. The topological polar surface area (TPSA) is 12.0 Å². The molecule has 0 radical (unpaired) electrons. The molecule has 1 aromatic carbocycles. The Kier molecular flexibility index (Phi) is 3.42. The number of nitrogens with one attached hydrogen (secondary N) is 1. The molecule has 3 rings (SSSR count). The Morgan fingerprint density at radius 3 is 3.06 bits per heavy atom. The predicted molar refractivity (Wildman–Crippen MR) is 78.4 cm³/mol. The molecule has 0 bridgehead atoms. The Labute approximate surface area is 117 Å². The van der Waals surface area contributed by atoms with Crippen LogP contribution in [0.1, 0.15) is 41.4 Å². The van der Waals surface area contributed by atoms with Gasteiger partial charge in [0.05, 0.1) is 0 Å².